The normalized spacial score (nSPS) is 11.4. The predicted octanol–water partition coefficient (Wildman–Crippen LogP) is 2.13. The molecule has 1 atom stereocenters. The fraction of sp³-hybridized carbons (Fsp3) is 0.143. The van der Waals surface area contributed by atoms with Crippen molar-refractivity contribution < 1.29 is 9.59 Å². The van der Waals surface area contributed by atoms with Crippen molar-refractivity contribution in [3.8, 4) is 0 Å². The highest BCUT2D eigenvalue weighted by atomic mass is 16.2. The van der Waals surface area contributed by atoms with E-state index in [1.165, 1.54) is 6.20 Å². The van der Waals surface area contributed by atoms with E-state index in [0.29, 0.717) is 18.5 Å². The van der Waals surface area contributed by atoms with Crippen molar-refractivity contribution in [1.82, 2.24) is 20.6 Å². The molecule has 0 saturated heterocycles. The summed E-state index contributed by atoms with van der Waals surface area (Å²) in [7, 11) is 0. The summed E-state index contributed by atoms with van der Waals surface area (Å²) >= 11 is 0. The summed E-state index contributed by atoms with van der Waals surface area (Å²) in [4.78, 5) is 33.1. The molecule has 0 spiro atoms. The molecular formula is C21H20N4O2. The van der Waals surface area contributed by atoms with Crippen LogP contribution in [0.4, 0.5) is 0 Å². The van der Waals surface area contributed by atoms with Gasteiger partial charge in [-0.25, -0.2) is 0 Å². The molecule has 6 heteroatoms. The second kappa shape index (κ2) is 9.24. The third kappa shape index (κ3) is 5.47. The van der Waals surface area contributed by atoms with E-state index in [0.717, 1.165) is 11.1 Å². The molecule has 1 aromatic carbocycles. The Balaban J connectivity index is 1.70. The van der Waals surface area contributed by atoms with Crippen LogP contribution in [0.3, 0.4) is 0 Å². The number of amides is 2. The Labute approximate surface area is 157 Å². The second-order valence-corrected chi connectivity index (χ2v) is 6.03. The molecule has 3 aromatic rings. The molecule has 1 unspecified atom stereocenters. The van der Waals surface area contributed by atoms with Gasteiger partial charge in [0, 0.05) is 37.8 Å². The third-order valence-electron chi connectivity index (χ3n) is 4.04. The second-order valence-electron chi connectivity index (χ2n) is 6.03. The van der Waals surface area contributed by atoms with Crippen molar-refractivity contribution >= 4 is 11.8 Å². The van der Waals surface area contributed by atoms with Crippen LogP contribution in [0.25, 0.3) is 0 Å². The summed E-state index contributed by atoms with van der Waals surface area (Å²) in [6, 6.07) is 15.9. The van der Waals surface area contributed by atoms with Crippen LogP contribution >= 0.6 is 0 Å². The summed E-state index contributed by atoms with van der Waals surface area (Å²) in [5.41, 5.74) is 2.32. The number of carbonyl (C=O) groups excluding carboxylic acids is 2. The molecule has 0 aliphatic carbocycles. The Bertz CT molecular complexity index is 870. The van der Waals surface area contributed by atoms with Crippen molar-refractivity contribution in [3.05, 3.63) is 96.1 Å². The number of nitrogens with one attached hydrogen (secondary N) is 2. The van der Waals surface area contributed by atoms with Crippen molar-refractivity contribution in [2.24, 2.45) is 0 Å². The van der Waals surface area contributed by atoms with Gasteiger partial charge in [-0.2, -0.15) is 0 Å². The Hall–Kier alpha value is -3.54. The van der Waals surface area contributed by atoms with Crippen LogP contribution in [0.15, 0.2) is 79.4 Å². The summed E-state index contributed by atoms with van der Waals surface area (Å²) in [5.74, 6) is -0.573. The zero-order valence-corrected chi connectivity index (χ0v) is 14.7. The van der Waals surface area contributed by atoms with Crippen molar-refractivity contribution in [3.63, 3.8) is 0 Å². The molecule has 2 N–H and O–H groups in total. The highest BCUT2D eigenvalue weighted by molar-refractivity contribution is 5.97. The smallest absolute Gasteiger partial charge is 0.253 e. The molecular weight excluding hydrogens is 340 g/mol. The number of pyridine rings is 2. The van der Waals surface area contributed by atoms with Gasteiger partial charge in [0.05, 0.1) is 5.56 Å². The molecule has 0 radical (unpaired) electrons. The Kier molecular flexibility index (Phi) is 6.25. The fourth-order valence-corrected chi connectivity index (χ4v) is 2.61. The lowest BCUT2D eigenvalue weighted by molar-refractivity contribution is -0.123. The molecule has 136 valence electrons. The van der Waals surface area contributed by atoms with E-state index < -0.39 is 6.04 Å². The Morgan fingerprint density at radius 1 is 0.852 bits per heavy atom. The summed E-state index contributed by atoms with van der Waals surface area (Å²) < 4.78 is 0. The van der Waals surface area contributed by atoms with Gasteiger partial charge < -0.3 is 10.6 Å². The largest absolute Gasteiger partial charge is 0.350 e. The lowest BCUT2D eigenvalue weighted by Crippen LogP contribution is -2.47. The van der Waals surface area contributed by atoms with E-state index >= 15 is 0 Å². The first-order valence-corrected chi connectivity index (χ1v) is 8.64. The van der Waals surface area contributed by atoms with Crippen LogP contribution in [-0.2, 0) is 17.8 Å². The van der Waals surface area contributed by atoms with Gasteiger partial charge in [0.1, 0.15) is 6.04 Å². The van der Waals surface area contributed by atoms with Crippen LogP contribution in [-0.4, -0.2) is 27.8 Å². The van der Waals surface area contributed by atoms with Crippen LogP contribution in [0, 0.1) is 0 Å². The SMILES string of the molecule is O=C(NC(Cc1ccccc1)C(=O)NCc1ccncc1)c1cccnc1. The van der Waals surface area contributed by atoms with E-state index in [2.05, 4.69) is 20.6 Å². The van der Waals surface area contributed by atoms with E-state index in [4.69, 9.17) is 0 Å². The molecule has 0 aliphatic rings. The lowest BCUT2D eigenvalue weighted by atomic mass is 10.0. The van der Waals surface area contributed by atoms with Gasteiger partial charge in [-0.1, -0.05) is 30.3 Å². The monoisotopic (exact) mass is 360 g/mol. The average Bonchev–Trinajstić information content (AvgIpc) is 2.73. The van der Waals surface area contributed by atoms with Crippen molar-refractivity contribution in [2.75, 3.05) is 0 Å². The van der Waals surface area contributed by atoms with Gasteiger partial charge in [-0.05, 0) is 35.4 Å². The van der Waals surface area contributed by atoms with Crippen LogP contribution < -0.4 is 10.6 Å². The molecule has 0 fully saturated rings. The minimum atomic E-state index is -0.693. The number of benzene rings is 1. The number of aromatic nitrogens is 2. The molecule has 0 bridgehead atoms. The van der Waals surface area contributed by atoms with E-state index in [1.54, 1.807) is 30.7 Å². The van der Waals surface area contributed by atoms with Gasteiger partial charge in [-0.15, -0.1) is 0 Å². The van der Waals surface area contributed by atoms with Crippen molar-refractivity contribution in [1.29, 1.82) is 0 Å². The van der Waals surface area contributed by atoms with Crippen LogP contribution in [0.1, 0.15) is 21.5 Å². The zero-order valence-electron chi connectivity index (χ0n) is 14.7. The Morgan fingerprint density at radius 2 is 1.63 bits per heavy atom. The predicted molar refractivity (Wildman–Crippen MR) is 102 cm³/mol. The number of hydrogen-bond donors (Lipinski definition) is 2. The van der Waals surface area contributed by atoms with Crippen LogP contribution in [0.2, 0.25) is 0 Å². The maximum absolute atomic E-state index is 12.7. The molecule has 0 saturated carbocycles. The molecule has 3 rings (SSSR count). The molecule has 0 aliphatic heterocycles. The van der Waals surface area contributed by atoms with Gasteiger partial charge >= 0.3 is 0 Å². The first-order chi connectivity index (χ1) is 13.2. The average molecular weight is 360 g/mol. The molecule has 6 nitrogen and oxygen atoms in total. The van der Waals surface area contributed by atoms with Gasteiger partial charge in [-0.3, -0.25) is 19.6 Å². The zero-order chi connectivity index (χ0) is 18.9. The minimum absolute atomic E-state index is 0.243. The fourth-order valence-electron chi connectivity index (χ4n) is 2.61. The standard InChI is InChI=1S/C21H20N4O2/c26-20(18-7-4-10-23-15-18)25-19(13-16-5-2-1-3-6-16)21(27)24-14-17-8-11-22-12-9-17/h1-12,15,19H,13-14H2,(H,24,27)(H,25,26). The third-order valence-corrected chi connectivity index (χ3v) is 4.04. The number of hydrogen-bond acceptors (Lipinski definition) is 4. The number of nitrogens with zero attached hydrogens (tertiary/aromatic N) is 2. The molecule has 27 heavy (non-hydrogen) atoms. The highest BCUT2D eigenvalue weighted by Crippen LogP contribution is 2.06. The number of rotatable bonds is 7. The quantitative estimate of drug-likeness (QED) is 0.676. The van der Waals surface area contributed by atoms with Crippen LogP contribution in [0.5, 0.6) is 0 Å². The lowest BCUT2D eigenvalue weighted by Gasteiger charge is -2.19. The first kappa shape index (κ1) is 18.3. The summed E-state index contributed by atoms with van der Waals surface area (Å²) in [6.45, 7) is 0.370. The van der Waals surface area contributed by atoms with Gasteiger partial charge in [0.15, 0.2) is 0 Å². The van der Waals surface area contributed by atoms with Gasteiger partial charge in [0.25, 0.3) is 5.91 Å². The summed E-state index contributed by atoms with van der Waals surface area (Å²) in [5, 5.41) is 5.69. The Morgan fingerprint density at radius 3 is 2.33 bits per heavy atom. The van der Waals surface area contributed by atoms with E-state index in [-0.39, 0.29) is 11.8 Å². The number of carbonyl (C=O) groups is 2. The maximum atomic E-state index is 12.7. The van der Waals surface area contributed by atoms with E-state index in [9.17, 15) is 9.59 Å². The molecule has 2 amide bonds. The van der Waals surface area contributed by atoms with Gasteiger partial charge in [0.2, 0.25) is 5.91 Å². The minimum Gasteiger partial charge on any atom is -0.350 e. The molecule has 2 heterocycles. The van der Waals surface area contributed by atoms with E-state index in [1.807, 2.05) is 42.5 Å². The topological polar surface area (TPSA) is 84.0 Å². The highest BCUT2D eigenvalue weighted by Gasteiger charge is 2.21. The summed E-state index contributed by atoms with van der Waals surface area (Å²) in [6.07, 6.45) is 6.82. The first-order valence-electron chi connectivity index (χ1n) is 8.64. The maximum Gasteiger partial charge on any atom is 0.253 e. The van der Waals surface area contributed by atoms with Crippen molar-refractivity contribution in [2.45, 2.75) is 19.0 Å². The molecule has 2 aromatic heterocycles.